The molecule has 5 nitrogen and oxygen atoms in total. The standard InChI is InChI=1S/C22H23FN2O3/c1-28-22(27)13-20(15-9-11-17(23)12-10-15)25-21(26)8-4-5-16-14-24-19-7-3-2-6-18(16)19/h2-3,6-7,9-12,14,20,24H,4-5,8,13H2,1H3,(H,25,26). The van der Waals surface area contributed by atoms with E-state index in [4.69, 9.17) is 4.74 Å². The van der Waals surface area contributed by atoms with E-state index in [1.807, 2.05) is 24.4 Å². The number of carbonyl (C=O) groups is 2. The molecule has 0 aliphatic carbocycles. The lowest BCUT2D eigenvalue weighted by Crippen LogP contribution is -2.30. The van der Waals surface area contributed by atoms with Crippen LogP contribution in [0.1, 0.15) is 36.4 Å². The predicted molar refractivity (Wildman–Crippen MR) is 105 cm³/mol. The van der Waals surface area contributed by atoms with Crippen LogP contribution in [-0.2, 0) is 20.7 Å². The summed E-state index contributed by atoms with van der Waals surface area (Å²) in [5.74, 6) is -0.961. The van der Waals surface area contributed by atoms with Gasteiger partial charge in [-0.05, 0) is 42.2 Å². The summed E-state index contributed by atoms with van der Waals surface area (Å²) in [6.07, 6.45) is 3.76. The molecule has 6 heteroatoms. The fourth-order valence-electron chi connectivity index (χ4n) is 3.24. The van der Waals surface area contributed by atoms with Gasteiger partial charge in [0.15, 0.2) is 0 Å². The molecule has 0 aliphatic heterocycles. The molecule has 2 aromatic carbocycles. The molecule has 0 radical (unpaired) electrons. The molecular formula is C22H23FN2O3. The molecule has 3 rings (SSSR count). The van der Waals surface area contributed by atoms with Crippen molar-refractivity contribution < 1.29 is 18.7 Å². The Labute approximate surface area is 162 Å². The van der Waals surface area contributed by atoms with Crippen molar-refractivity contribution in [3.05, 3.63) is 71.7 Å². The molecule has 1 aromatic heterocycles. The van der Waals surface area contributed by atoms with Crippen LogP contribution in [0.3, 0.4) is 0 Å². The number of aromatic nitrogens is 1. The zero-order chi connectivity index (χ0) is 19.9. The number of nitrogens with one attached hydrogen (secondary N) is 2. The smallest absolute Gasteiger partial charge is 0.307 e. The first-order valence-corrected chi connectivity index (χ1v) is 9.23. The van der Waals surface area contributed by atoms with E-state index in [0.717, 1.165) is 17.3 Å². The maximum Gasteiger partial charge on any atom is 0.307 e. The minimum absolute atomic E-state index is 0.00365. The van der Waals surface area contributed by atoms with Gasteiger partial charge in [0.25, 0.3) is 0 Å². The molecule has 0 fully saturated rings. The van der Waals surface area contributed by atoms with Gasteiger partial charge in [-0.3, -0.25) is 9.59 Å². The van der Waals surface area contributed by atoms with Crippen LogP contribution in [0.5, 0.6) is 0 Å². The quantitative estimate of drug-likeness (QED) is 0.578. The fraction of sp³-hybridized carbons (Fsp3) is 0.273. The molecule has 1 unspecified atom stereocenters. The van der Waals surface area contributed by atoms with Gasteiger partial charge in [0.1, 0.15) is 5.82 Å². The number of halogens is 1. The van der Waals surface area contributed by atoms with Crippen LogP contribution >= 0.6 is 0 Å². The van der Waals surface area contributed by atoms with Gasteiger partial charge in [0.2, 0.25) is 5.91 Å². The van der Waals surface area contributed by atoms with Gasteiger partial charge in [-0.1, -0.05) is 30.3 Å². The number of aromatic amines is 1. The predicted octanol–water partition coefficient (Wildman–Crippen LogP) is 4.05. The van der Waals surface area contributed by atoms with Gasteiger partial charge in [-0.25, -0.2) is 4.39 Å². The zero-order valence-electron chi connectivity index (χ0n) is 15.7. The average molecular weight is 382 g/mol. The van der Waals surface area contributed by atoms with Crippen LogP contribution in [0, 0.1) is 5.82 Å². The highest BCUT2D eigenvalue weighted by Crippen LogP contribution is 2.21. The molecule has 2 N–H and O–H groups in total. The second-order valence-corrected chi connectivity index (χ2v) is 6.66. The Morgan fingerprint density at radius 3 is 2.64 bits per heavy atom. The Morgan fingerprint density at radius 1 is 1.14 bits per heavy atom. The number of hydrogen-bond acceptors (Lipinski definition) is 3. The van der Waals surface area contributed by atoms with E-state index in [1.165, 1.54) is 24.8 Å². The number of rotatable bonds is 8. The Kier molecular flexibility index (Phi) is 6.42. The van der Waals surface area contributed by atoms with Gasteiger partial charge >= 0.3 is 5.97 Å². The summed E-state index contributed by atoms with van der Waals surface area (Å²) >= 11 is 0. The Bertz CT molecular complexity index is 950. The molecular weight excluding hydrogens is 359 g/mol. The van der Waals surface area contributed by atoms with Crippen LogP contribution in [0.4, 0.5) is 4.39 Å². The van der Waals surface area contributed by atoms with E-state index in [1.54, 1.807) is 12.1 Å². The summed E-state index contributed by atoms with van der Waals surface area (Å²) in [6.45, 7) is 0. The SMILES string of the molecule is COC(=O)CC(NC(=O)CCCc1c[nH]c2ccccc12)c1ccc(F)cc1. The average Bonchev–Trinajstić information content (AvgIpc) is 3.11. The van der Waals surface area contributed by atoms with Gasteiger partial charge in [-0.2, -0.15) is 0 Å². The summed E-state index contributed by atoms with van der Waals surface area (Å²) in [6, 6.07) is 13.2. The lowest BCUT2D eigenvalue weighted by atomic mass is 10.0. The largest absolute Gasteiger partial charge is 0.469 e. The van der Waals surface area contributed by atoms with Crippen molar-refractivity contribution in [2.45, 2.75) is 31.7 Å². The first-order valence-electron chi connectivity index (χ1n) is 9.23. The van der Waals surface area contributed by atoms with Crippen molar-refractivity contribution in [2.24, 2.45) is 0 Å². The number of methoxy groups -OCH3 is 1. The number of H-pyrrole nitrogens is 1. The van der Waals surface area contributed by atoms with Crippen molar-refractivity contribution in [3.8, 4) is 0 Å². The first kappa shape index (κ1) is 19.6. The maximum absolute atomic E-state index is 13.2. The molecule has 1 amide bonds. The molecule has 0 bridgehead atoms. The number of aryl methyl sites for hydroxylation is 1. The van der Waals surface area contributed by atoms with Crippen LogP contribution in [0.25, 0.3) is 10.9 Å². The van der Waals surface area contributed by atoms with Crippen molar-refractivity contribution >= 4 is 22.8 Å². The lowest BCUT2D eigenvalue weighted by Gasteiger charge is -2.18. The summed E-state index contributed by atoms with van der Waals surface area (Å²) in [5, 5.41) is 4.03. The molecule has 0 saturated heterocycles. The number of fused-ring (bicyclic) bond motifs is 1. The van der Waals surface area contributed by atoms with E-state index in [2.05, 4.69) is 16.4 Å². The Hall–Kier alpha value is -3.15. The number of esters is 1. The van der Waals surface area contributed by atoms with Crippen molar-refractivity contribution in [1.82, 2.24) is 10.3 Å². The molecule has 28 heavy (non-hydrogen) atoms. The fourth-order valence-corrected chi connectivity index (χ4v) is 3.24. The van der Waals surface area contributed by atoms with Crippen LogP contribution in [0.2, 0.25) is 0 Å². The molecule has 146 valence electrons. The monoisotopic (exact) mass is 382 g/mol. The molecule has 1 heterocycles. The lowest BCUT2D eigenvalue weighted by molar-refractivity contribution is -0.141. The molecule has 0 saturated carbocycles. The third-order valence-electron chi connectivity index (χ3n) is 4.73. The second-order valence-electron chi connectivity index (χ2n) is 6.66. The minimum atomic E-state index is -0.548. The number of ether oxygens (including phenoxy) is 1. The third kappa shape index (κ3) is 4.97. The highest BCUT2D eigenvalue weighted by molar-refractivity contribution is 5.83. The zero-order valence-corrected chi connectivity index (χ0v) is 15.7. The van der Waals surface area contributed by atoms with E-state index in [9.17, 15) is 14.0 Å². The number of benzene rings is 2. The second kappa shape index (κ2) is 9.17. The molecule has 3 aromatic rings. The van der Waals surface area contributed by atoms with E-state index in [0.29, 0.717) is 18.4 Å². The number of hydrogen-bond donors (Lipinski definition) is 2. The Balaban J connectivity index is 1.58. The van der Waals surface area contributed by atoms with Gasteiger partial charge in [0, 0.05) is 23.5 Å². The van der Waals surface area contributed by atoms with Crippen LogP contribution in [-0.4, -0.2) is 24.0 Å². The van der Waals surface area contributed by atoms with Crippen LogP contribution in [0.15, 0.2) is 54.7 Å². The summed E-state index contributed by atoms with van der Waals surface area (Å²) in [7, 11) is 1.30. The number of carbonyl (C=O) groups excluding carboxylic acids is 2. The summed E-state index contributed by atoms with van der Waals surface area (Å²) < 4.78 is 17.9. The number of amides is 1. The molecule has 0 aliphatic rings. The topological polar surface area (TPSA) is 71.2 Å². The van der Waals surface area contributed by atoms with Gasteiger partial charge in [0.05, 0.1) is 19.6 Å². The minimum Gasteiger partial charge on any atom is -0.469 e. The normalized spacial score (nSPS) is 11.9. The third-order valence-corrected chi connectivity index (χ3v) is 4.73. The molecule has 1 atom stereocenters. The van der Waals surface area contributed by atoms with Crippen molar-refractivity contribution in [2.75, 3.05) is 7.11 Å². The Morgan fingerprint density at radius 2 is 1.89 bits per heavy atom. The number of para-hydroxylation sites is 1. The summed E-state index contributed by atoms with van der Waals surface area (Å²) in [5.41, 5.74) is 2.92. The van der Waals surface area contributed by atoms with Gasteiger partial charge < -0.3 is 15.0 Å². The van der Waals surface area contributed by atoms with E-state index < -0.39 is 12.0 Å². The maximum atomic E-state index is 13.2. The van der Waals surface area contributed by atoms with Crippen molar-refractivity contribution in [1.29, 1.82) is 0 Å². The summed E-state index contributed by atoms with van der Waals surface area (Å²) in [4.78, 5) is 27.3. The molecule has 0 spiro atoms. The van der Waals surface area contributed by atoms with Gasteiger partial charge in [-0.15, -0.1) is 0 Å². The highest BCUT2D eigenvalue weighted by Gasteiger charge is 2.19. The van der Waals surface area contributed by atoms with Crippen LogP contribution < -0.4 is 5.32 Å². The van der Waals surface area contributed by atoms with E-state index >= 15 is 0 Å². The van der Waals surface area contributed by atoms with Crippen molar-refractivity contribution in [3.63, 3.8) is 0 Å². The highest BCUT2D eigenvalue weighted by atomic mass is 19.1. The first-order chi connectivity index (χ1) is 13.6. The van der Waals surface area contributed by atoms with E-state index in [-0.39, 0.29) is 18.1 Å².